The van der Waals surface area contributed by atoms with Crippen molar-refractivity contribution >= 4 is 11.6 Å². The van der Waals surface area contributed by atoms with Crippen molar-refractivity contribution in [2.24, 2.45) is 0 Å². The van der Waals surface area contributed by atoms with Crippen molar-refractivity contribution in [2.75, 3.05) is 7.11 Å². The van der Waals surface area contributed by atoms with Crippen molar-refractivity contribution in [3.8, 4) is 0 Å². The molecule has 0 saturated carbocycles. The van der Waals surface area contributed by atoms with E-state index in [9.17, 15) is 9.59 Å². The molecular formula is C9H6N2O3. The maximum absolute atomic E-state index is 11.5. The number of ether oxygens (including phenoxy) is 1. The Hall–Kier alpha value is -2.04. The van der Waals surface area contributed by atoms with Gasteiger partial charge < -0.3 is 4.74 Å². The quantitative estimate of drug-likeness (QED) is 0.640. The Morgan fingerprint density at radius 3 is 2.43 bits per heavy atom. The topological polar surface area (TPSA) is 69.2 Å². The van der Waals surface area contributed by atoms with Crippen LogP contribution in [0.2, 0.25) is 0 Å². The van der Waals surface area contributed by atoms with E-state index in [1.54, 1.807) is 0 Å². The Bertz CT molecular complexity index is 451. The van der Waals surface area contributed by atoms with Crippen LogP contribution in [0.15, 0.2) is 24.2 Å². The molecule has 1 aliphatic rings. The first-order valence-electron chi connectivity index (χ1n) is 3.89. The van der Waals surface area contributed by atoms with E-state index >= 15 is 0 Å². The third-order valence-corrected chi connectivity index (χ3v) is 1.85. The van der Waals surface area contributed by atoms with Gasteiger partial charge in [0.1, 0.15) is 11.4 Å². The van der Waals surface area contributed by atoms with Crippen LogP contribution in [0.3, 0.4) is 0 Å². The summed E-state index contributed by atoms with van der Waals surface area (Å²) in [6.45, 7) is 0. The van der Waals surface area contributed by atoms with Crippen LogP contribution >= 0.6 is 0 Å². The van der Waals surface area contributed by atoms with Crippen LogP contribution in [0.5, 0.6) is 0 Å². The zero-order chi connectivity index (χ0) is 10.1. The first-order valence-corrected chi connectivity index (χ1v) is 3.89. The van der Waals surface area contributed by atoms with Gasteiger partial charge in [0.05, 0.1) is 7.11 Å². The summed E-state index contributed by atoms with van der Waals surface area (Å²) < 4.78 is 4.75. The molecule has 0 radical (unpaired) electrons. The second-order valence-electron chi connectivity index (χ2n) is 2.66. The second-order valence-corrected chi connectivity index (χ2v) is 2.66. The number of methoxy groups -OCH3 is 1. The predicted molar refractivity (Wildman–Crippen MR) is 45.8 cm³/mol. The van der Waals surface area contributed by atoms with Gasteiger partial charge in [-0.3, -0.25) is 9.59 Å². The Labute approximate surface area is 79.4 Å². The normalized spacial score (nSPS) is 14.8. The Kier molecular flexibility index (Phi) is 1.85. The Balaban J connectivity index is 2.61. The average Bonchev–Trinajstić information content (AvgIpc) is 2.23. The van der Waals surface area contributed by atoms with Gasteiger partial charge >= 0.3 is 0 Å². The number of ketones is 2. The second kappa shape index (κ2) is 3.02. The van der Waals surface area contributed by atoms with E-state index in [2.05, 4.69) is 9.97 Å². The molecule has 70 valence electrons. The fourth-order valence-corrected chi connectivity index (χ4v) is 1.21. The summed E-state index contributed by atoms with van der Waals surface area (Å²) in [6, 6.07) is 0. The number of nitrogens with zero attached hydrogens (tertiary/aromatic N) is 2. The maximum Gasteiger partial charge on any atom is 0.248 e. The van der Waals surface area contributed by atoms with Crippen LogP contribution in [0.25, 0.3) is 0 Å². The number of hydrogen-bond acceptors (Lipinski definition) is 5. The number of allylic oxidation sites excluding steroid dienone is 2. The van der Waals surface area contributed by atoms with Crippen LogP contribution in [0.4, 0.5) is 0 Å². The Morgan fingerprint density at radius 2 is 1.79 bits per heavy atom. The molecule has 0 amide bonds. The number of hydrogen-bond donors (Lipinski definition) is 0. The molecule has 14 heavy (non-hydrogen) atoms. The molecule has 0 saturated heterocycles. The predicted octanol–water partition coefficient (Wildman–Crippen LogP) is 0.386. The Morgan fingerprint density at radius 1 is 1.14 bits per heavy atom. The molecule has 0 aliphatic heterocycles. The minimum Gasteiger partial charge on any atom is -0.492 e. The van der Waals surface area contributed by atoms with Crippen LogP contribution in [-0.2, 0) is 4.74 Å². The first-order chi connectivity index (χ1) is 6.74. The number of rotatable bonds is 1. The van der Waals surface area contributed by atoms with E-state index in [1.165, 1.54) is 19.5 Å². The van der Waals surface area contributed by atoms with E-state index < -0.39 is 5.78 Å². The monoisotopic (exact) mass is 190 g/mol. The lowest BCUT2D eigenvalue weighted by atomic mass is 10.0. The van der Waals surface area contributed by atoms with E-state index in [4.69, 9.17) is 4.74 Å². The number of aromatic nitrogens is 2. The minimum absolute atomic E-state index is 0.00278. The minimum atomic E-state index is -0.407. The highest BCUT2D eigenvalue weighted by atomic mass is 16.5. The zero-order valence-corrected chi connectivity index (χ0v) is 7.35. The summed E-state index contributed by atoms with van der Waals surface area (Å²) in [6.07, 6.45) is 3.86. The maximum atomic E-state index is 11.5. The third-order valence-electron chi connectivity index (χ3n) is 1.85. The van der Waals surface area contributed by atoms with E-state index in [-0.39, 0.29) is 22.9 Å². The summed E-state index contributed by atoms with van der Waals surface area (Å²) in [5.74, 6) is -0.761. The van der Waals surface area contributed by atoms with Gasteiger partial charge in [0.15, 0.2) is 5.76 Å². The summed E-state index contributed by atoms with van der Waals surface area (Å²) >= 11 is 0. The lowest BCUT2D eigenvalue weighted by Crippen LogP contribution is -2.20. The molecule has 2 rings (SSSR count). The zero-order valence-electron chi connectivity index (χ0n) is 7.35. The molecule has 1 aromatic rings. The molecule has 1 heterocycles. The van der Waals surface area contributed by atoms with Crippen LogP contribution in [0.1, 0.15) is 21.0 Å². The molecule has 0 spiro atoms. The van der Waals surface area contributed by atoms with Crippen molar-refractivity contribution < 1.29 is 14.3 Å². The van der Waals surface area contributed by atoms with Gasteiger partial charge in [0.2, 0.25) is 11.6 Å². The fourth-order valence-electron chi connectivity index (χ4n) is 1.21. The fraction of sp³-hybridized carbons (Fsp3) is 0.111. The molecule has 1 aromatic heterocycles. The highest BCUT2D eigenvalue weighted by Gasteiger charge is 2.28. The molecule has 0 bridgehead atoms. The van der Waals surface area contributed by atoms with E-state index in [1.807, 2.05) is 0 Å². The first kappa shape index (κ1) is 8.55. The van der Waals surface area contributed by atoms with Crippen molar-refractivity contribution in [1.82, 2.24) is 9.97 Å². The number of carbonyl (C=O) groups is 2. The van der Waals surface area contributed by atoms with Crippen molar-refractivity contribution in [1.29, 1.82) is 0 Å². The van der Waals surface area contributed by atoms with E-state index in [0.717, 1.165) is 6.08 Å². The van der Waals surface area contributed by atoms with Gasteiger partial charge in [0.25, 0.3) is 0 Å². The highest BCUT2D eigenvalue weighted by Crippen LogP contribution is 2.17. The molecule has 0 aromatic carbocycles. The molecular weight excluding hydrogens is 184 g/mol. The van der Waals surface area contributed by atoms with Crippen LogP contribution < -0.4 is 0 Å². The van der Waals surface area contributed by atoms with Gasteiger partial charge in [-0.15, -0.1) is 0 Å². The van der Waals surface area contributed by atoms with Crippen molar-refractivity contribution in [3.05, 3.63) is 35.6 Å². The van der Waals surface area contributed by atoms with Gasteiger partial charge in [-0.05, 0) is 0 Å². The molecule has 0 atom stereocenters. The van der Waals surface area contributed by atoms with Crippen LogP contribution in [0, 0.1) is 0 Å². The molecule has 0 unspecified atom stereocenters. The number of carbonyl (C=O) groups excluding carboxylic acids is 2. The molecule has 5 nitrogen and oxygen atoms in total. The highest BCUT2D eigenvalue weighted by molar-refractivity contribution is 6.21. The van der Waals surface area contributed by atoms with Gasteiger partial charge in [-0.1, -0.05) is 0 Å². The lowest BCUT2D eigenvalue weighted by molar-refractivity contribution is 0.0909. The standard InChI is InChI=1S/C9H6N2O3/c1-14-6-4-5(12)7-8(9(6)13)11-3-2-10-7/h2-4H,1H3. The largest absolute Gasteiger partial charge is 0.492 e. The lowest BCUT2D eigenvalue weighted by Gasteiger charge is -2.10. The molecule has 0 fully saturated rings. The smallest absolute Gasteiger partial charge is 0.248 e. The van der Waals surface area contributed by atoms with Crippen molar-refractivity contribution in [3.63, 3.8) is 0 Å². The number of fused-ring (bicyclic) bond motifs is 1. The summed E-state index contributed by atoms with van der Waals surface area (Å²) in [7, 11) is 1.33. The molecule has 1 aliphatic carbocycles. The summed E-state index contributed by atoms with van der Waals surface area (Å²) in [5.41, 5.74) is 0.134. The molecule has 5 heteroatoms. The van der Waals surface area contributed by atoms with Gasteiger partial charge in [-0.25, -0.2) is 9.97 Å². The molecule has 0 N–H and O–H groups in total. The SMILES string of the molecule is COC1=CC(=O)c2nccnc2C1=O. The number of Topliss-reactive ketones (excluding diaryl/α,β-unsaturated/α-hetero) is 1. The van der Waals surface area contributed by atoms with Crippen LogP contribution in [-0.4, -0.2) is 28.6 Å². The third kappa shape index (κ3) is 1.10. The van der Waals surface area contributed by atoms with Gasteiger partial charge in [0, 0.05) is 18.5 Å². The van der Waals surface area contributed by atoms with Crippen molar-refractivity contribution in [2.45, 2.75) is 0 Å². The van der Waals surface area contributed by atoms with Gasteiger partial charge in [-0.2, -0.15) is 0 Å². The summed E-state index contributed by atoms with van der Waals surface area (Å²) in [5, 5.41) is 0. The summed E-state index contributed by atoms with van der Waals surface area (Å²) in [4.78, 5) is 30.5. The average molecular weight is 190 g/mol. The van der Waals surface area contributed by atoms with E-state index in [0.29, 0.717) is 0 Å².